The summed E-state index contributed by atoms with van der Waals surface area (Å²) < 4.78 is 1.73. The van der Waals surface area contributed by atoms with E-state index < -0.39 is 0 Å². The van der Waals surface area contributed by atoms with Crippen molar-refractivity contribution in [2.75, 3.05) is 0 Å². The molecule has 2 rings (SSSR count). The molecule has 2 aromatic rings. The minimum absolute atomic E-state index is 0.0810. The number of aryl methyl sites for hydroxylation is 1. The Morgan fingerprint density at radius 3 is 2.92 bits per heavy atom. The van der Waals surface area contributed by atoms with E-state index >= 15 is 0 Å². The zero-order valence-corrected chi connectivity index (χ0v) is 9.41. The van der Waals surface area contributed by atoms with Crippen molar-refractivity contribution in [2.45, 2.75) is 6.92 Å². The lowest BCUT2D eigenvalue weighted by atomic mass is 10.2. The first-order valence-electron chi connectivity index (χ1n) is 3.87. The van der Waals surface area contributed by atoms with E-state index in [4.69, 9.17) is 0 Å². The molecule has 0 aliphatic rings. The first-order valence-corrected chi connectivity index (χ1v) is 5.54. The monoisotopic (exact) mass is 254 g/mol. The van der Waals surface area contributed by atoms with Crippen LogP contribution in [-0.2, 0) is 0 Å². The highest BCUT2D eigenvalue weighted by Gasteiger charge is 2.03. The van der Waals surface area contributed by atoms with Gasteiger partial charge in [-0.1, -0.05) is 12.1 Å². The van der Waals surface area contributed by atoms with Crippen molar-refractivity contribution in [3.8, 4) is 0 Å². The summed E-state index contributed by atoms with van der Waals surface area (Å²) in [6.45, 7) is 2.02. The number of rotatable bonds is 0. The molecule has 0 spiro atoms. The highest BCUT2D eigenvalue weighted by Crippen LogP contribution is 2.22. The maximum atomic E-state index is 11.6. The fourth-order valence-electron chi connectivity index (χ4n) is 1.28. The van der Waals surface area contributed by atoms with Crippen LogP contribution >= 0.6 is 27.3 Å². The molecule has 0 amide bonds. The number of benzene rings is 1. The van der Waals surface area contributed by atoms with Crippen molar-refractivity contribution >= 4 is 37.4 Å². The van der Waals surface area contributed by atoms with Crippen molar-refractivity contribution in [1.29, 1.82) is 0 Å². The molecule has 0 atom stereocenters. The van der Waals surface area contributed by atoms with Gasteiger partial charge in [0.1, 0.15) is 0 Å². The lowest BCUT2D eigenvalue weighted by molar-refractivity contribution is 1.54. The second-order valence-corrected chi connectivity index (χ2v) is 4.60. The van der Waals surface area contributed by atoms with Gasteiger partial charge in [0.2, 0.25) is 5.43 Å². The van der Waals surface area contributed by atoms with E-state index in [-0.39, 0.29) is 5.43 Å². The molecular weight excluding hydrogens is 248 g/mol. The van der Waals surface area contributed by atoms with Crippen LogP contribution in [0, 0.1) is 6.92 Å². The van der Waals surface area contributed by atoms with Gasteiger partial charge in [-0.05, 0) is 34.5 Å². The van der Waals surface area contributed by atoms with Gasteiger partial charge in [0.05, 0.1) is 4.47 Å². The summed E-state index contributed by atoms with van der Waals surface area (Å²) in [7, 11) is 0. The Labute approximate surface area is 88.2 Å². The van der Waals surface area contributed by atoms with Crippen LogP contribution in [0.15, 0.2) is 32.8 Å². The molecule has 0 fully saturated rings. The molecule has 1 aromatic heterocycles. The summed E-state index contributed by atoms with van der Waals surface area (Å²) in [5.74, 6) is 0. The van der Waals surface area contributed by atoms with E-state index in [1.54, 1.807) is 11.3 Å². The van der Waals surface area contributed by atoms with Crippen molar-refractivity contribution in [3.63, 3.8) is 0 Å². The van der Waals surface area contributed by atoms with Crippen LogP contribution in [0.2, 0.25) is 0 Å². The van der Waals surface area contributed by atoms with Gasteiger partial charge in [0.25, 0.3) is 0 Å². The first-order chi connectivity index (χ1) is 6.20. The van der Waals surface area contributed by atoms with Crippen LogP contribution in [-0.4, -0.2) is 0 Å². The second-order valence-electron chi connectivity index (χ2n) is 2.86. The quantitative estimate of drug-likeness (QED) is 0.705. The van der Waals surface area contributed by atoms with E-state index in [0.717, 1.165) is 15.6 Å². The molecule has 0 unspecified atom stereocenters. The summed E-state index contributed by atoms with van der Waals surface area (Å²) in [5, 5.41) is 2.65. The molecule has 1 nitrogen and oxygen atoms in total. The van der Waals surface area contributed by atoms with E-state index in [0.29, 0.717) is 4.47 Å². The smallest absolute Gasteiger partial charge is 0.202 e. The number of hydrogen-bond acceptors (Lipinski definition) is 2. The highest BCUT2D eigenvalue weighted by molar-refractivity contribution is 9.10. The van der Waals surface area contributed by atoms with Gasteiger partial charge >= 0.3 is 0 Å². The first kappa shape index (κ1) is 8.91. The summed E-state index contributed by atoms with van der Waals surface area (Å²) in [4.78, 5) is 11.6. The Bertz CT molecular complexity index is 516. The van der Waals surface area contributed by atoms with Crippen LogP contribution in [0.3, 0.4) is 0 Å². The summed E-state index contributed by atoms with van der Waals surface area (Å²) in [6, 6.07) is 5.80. The Hall–Kier alpha value is -0.670. The molecule has 1 aromatic carbocycles. The number of hydrogen-bond donors (Lipinski definition) is 0. The van der Waals surface area contributed by atoms with Crippen LogP contribution in [0.4, 0.5) is 0 Å². The number of fused-ring (bicyclic) bond motifs is 1. The van der Waals surface area contributed by atoms with Crippen molar-refractivity contribution < 1.29 is 0 Å². The molecule has 13 heavy (non-hydrogen) atoms. The fraction of sp³-hybridized carbons (Fsp3) is 0.100. The van der Waals surface area contributed by atoms with E-state index in [1.807, 2.05) is 30.5 Å². The van der Waals surface area contributed by atoms with E-state index in [9.17, 15) is 4.79 Å². The minimum atomic E-state index is 0.0810. The molecule has 1 heterocycles. The normalized spacial score (nSPS) is 10.6. The highest BCUT2D eigenvalue weighted by atomic mass is 79.9. The predicted octanol–water partition coefficient (Wildman–Crippen LogP) is 3.33. The molecule has 0 saturated heterocycles. The topological polar surface area (TPSA) is 17.1 Å². The molecule has 0 saturated carbocycles. The average molecular weight is 255 g/mol. The molecule has 0 aliphatic heterocycles. The van der Waals surface area contributed by atoms with Gasteiger partial charge in [0, 0.05) is 15.5 Å². The largest absolute Gasteiger partial charge is 0.288 e. The third-order valence-electron chi connectivity index (χ3n) is 1.95. The third-order valence-corrected chi connectivity index (χ3v) is 3.98. The Balaban J connectivity index is 3.03. The molecular formula is C10H7BrOS. The third kappa shape index (κ3) is 1.42. The zero-order valence-electron chi connectivity index (χ0n) is 7.00. The Morgan fingerprint density at radius 2 is 2.15 bits per heavy atom. The van der Waals surface area contributed by atoms with Crippen LogP contribution in [0.1, 0.15) is 5.56 Å². The lowest BCUT2D eigenvalue weighted by Crippen LogP contribution is -2.00. The molecule has 66 valence electrons. The summed E-state index contributed by atoms with van der Waals surface area (Å²) >= 11 is 4.84. The van der Waals surface area contributed by atoms with Gasteiger partial charge in [0.15, 0.2) is 0 Å². The van der Waals surface area contributed by atoms with E-state index in [2.05, 4.69) is 15.9 Å². The van der Waals surface area contributed by atoms with Gasteiger partial charge in [-0.2, -0.15) is 0 Å². The molecule has 0 bridgehead atoms. The van der Waals surface area contributed by atoms with Crippen LogP contribution in [0.5, 0.6) is 0 Å². The van der Waals surface area contributed by atoms with Gasteiger partial charge in [-0.15, -0.1) is 11.3 Å². The fourth-order valence-corrected chi connectivity index (χ4v) is 2.64. The standard InChI is InChI=1S/C10H7BrOS/c1-6-3-2-4-7-9(12)8(11)5-13-10(6)7/h2-5H,1H3. The molecule has 0 aliphatic carbocycles. The van der Waals surface area contributed by atoms with Gasteiger partial charge in [-0.25, -0.2) is 0 Å². The second kappa shape index (κ2) is 3.24. The summed E-state index contributed by atoms with van der Waals surface area (Å²) in [6.07, 6.45) is 0. The molecule has 0 N–H and O–H groups in total. The Kier molecular flexibility index (Phi) is 2.22. The van der Waals surface area contributed by atoms with Crippen molar-refractivity contribution in [3.05, 3.63) is 43.8 Å². The zero-order chi connectivity index (χ0) is 9.42. The SMILES string of the molecule is Cc1cccc2c(=O)c(Br)csc12. The predicted molar refractivity (Wildman–Crippen MR) is 60.5 cm³/mol. The minimum Gasteiger partial charge on any atom is -0.288 e. The van der Waals surface area contributed by atoms with Gasteiger partial charge < -0.3 is 0 Å². The average Bonchev–Trinajstić information content (AvgIpc) is 2.12. The molecule has 0 radical (unpaired) electrons. The van der Waals surface area contributed by atoms with Crippen LogP contribution < -0.4 is 5.43 Å². The molecule has 3 heteroatoms. The maximum absolute atomic E-state index is 11.6. The van der Waals surface area contributed by atoms with E-state index in [1.165, 1.54) is 0 Å². The van der Waals surface area contributed by atoms with Crippen LogP contribution in [0.25, 0.3) is 10.1 Å². The maximum Gasteiger partial charge on any atom is 0.202 e. The summed E-state index contributed by atoms with van der Waals surface area (Å²) in [5.41, 5.74) is 1.24. The number of halogens is 1. The van der Waals surface area contributed by atoms with Gasteiger partial charge in [-0.3, -0.25) is 4.79 Å². The lowest BCUT2D eigenvalue weighted by Gasteiger charge is -1.99. The Morgan fingerprint density at radius 1 is 1.38 bits per heavy atom. The van der Waals surface area contributed by atoms with Crippen molar-refractivity contribution in [2.24, 2.45) is 0 Å². The van der Waals surface area contributed by atoms with Crippen molar-refractivity contribution in [1.82, 2.24) is 0 Å².